The number of nitrogens with one attached hydrogen (secondary N) is 1. The minimum atomic E-state index is -0.500. The lowest BCUT2D eigenvalue weighted by molar-refractivity contribution is -0.143. The molecule has 1 aromatic carbocycles. The van der Waals surface area contributed by atoms with Crippen molar-refractivity contribution in [3.8, 4) is 0 Å². The lowest BCUT2D eigenvalue weighted by atomic mass is 9.85. The van der Waals surface area contributed by atoms with Crippen LogP contribution in [-0.2, 0) is 14.4 Å². The van der Waals surface area contributed by atoms with E-state index < -0.39 is 11.7 Å². The maximum atomic E-state index is 13.5. The molecule has 24 heavy (non-hydrogen) atoms. The number of anilines is 1. The Morgan fingerprint density at radius 2 is 1.83 bits per heavy atom. The smallest absolute Gasteiger partial charge is 0.244 e. The molecule has 3 aliphatic rings. The molecule has 1 saturated carbocycles. The molecule has 0 radical (unpaired) electrons. The fourth-order valence-corrected chi connectivity index (χ4v) is 4.13. The number of hydrogen-bond acceptors (Lipinski definition) is 3. The Morgan fingerprint density at radius 1 is 1.21 bits per heavy atom. The summed E-state index contributed by atoms with van der Waals surface area (Å²) in [6.07, 6.45) is 4.88. The highest BCUT2D eigenvalue weighted by molar-refractivity contribution is 6.09. The van der Waals surface area contributed by atoms with Crippen molar-refractivity contribution in [3.63, 3.8) is 0 Å². The van der Waals surface area contributed by atoms with Crippen LogP contribution in [0.2, 0.25) is 0 Å². The van der Waals surface area contributed by atoms with Crippen molar-refractivity contribution < 1.29 is 18.8 Å². The molecule has 6 heteroatoms. The van der Waals surface area contributed by atoms with Crippen molar-refractivity contribution in [2.75, 3.05) is 11.9 Å². The highest BCUT2D eigenvalue weighted by Crippen LogP contribution is 2.52. The molecule has 1 saturated heterocycles. The number of fused-ring (bicyclic) bond motifs is 5. The average Bonchev–Trinajstić information content (AvgIpc) is 3.21. The Morgan fingerprint density at radius 3 is 2.42 bits per heavy atom. The van der Waals surface area contributed by atoms with Gasteiger partial charge in [0.15, 0.2) is 0 Å². The fraction of sp³-hybridized carbons (Fsp3) is 0.389. The lowest BCUT2D eigenvalue weighted by Gasteiger charge is -2.17. The van der Waals surface area contributed by atoms with Gasteiger partial charge in [-0.05, 0) is 42.9 Å². The van der Waals surface area contributed by atoms with Gasteiger partial charge in [0.25, 0.3) is 0 Å². The third kappa shape index (κ3) is 2.17. The lowest BCUT2D eigenvalue weighted by Crippen LogP contribution is -2.39. The van der Waals surface area contributed by atoms with Gasteiger partial charge in [0, 0.05) is 5.69 Å². The summed E-state index contributed by atoms with van der Waals surface area (Å²) < 4.78 is 13.5. The second-order valence-electron chi connectivity index (χ2n) is 6.77. The summed E-state index contributed by atoms with van der Waals surface area (Å²) in [6, 6.07) is 4.37. The molecule has 124 valence electrons. The van der Waals surface area contributed by atoms with Crippen LogP contribution < -0.4 is 5.32 Å². The summed E-state index contributed by atoms with van der Waals surface area (Å²) in [5, 5.41) is 2.54. The van der Waals surface area contributed by atoms with E-state index in [4.69, 9.17) is 0 Å². The molecule has 1 N–H and O–H groups in total. The van der Waals surface area contributed by atoms with Crippen LogP contribution in [0.5, 0.6) is 0 Å². The van der Waals surface area contributed by atoms with E-state index >= 15 is 0 Å². The minimum Gasteiger partial charge on any atom is -0.324 e. The maximum absolute atomic E-state index is 13.5. The van der Waals surface area contributed by atoms with Crippen LogP contribution in [0, 0.1) is 36.4 Å². The number of likely N-dealkylation sites (tertiary alicyclic amines) is 1. The molecule has 4 unspecified atom stereocenters. The fourth-order valence-electron chi connectivity index (χ4n) is 4.13. The Kier molecular flexibility index (Phi) is 3.30. The summed E-state index contributed by atoms with van der Waals surface area (Å²) in [4.78, 5) is 38.2. The van der Waals surface area contributed by atoms with E-state index in [9.17, 15) is 18.8 Å². The van der Waals surface area contributed by atoms with E-state index in [-0.39, 0.29) is 42.0 Å². The molecule has 2 fully saturated rings. The summed E-state index contributed by atoms with van der Waals surface area (Å²) in [5.74, 6) is -1.81. The van der Waals surface area contributed by atoms with Crippen molar-refractivity contribution in [2.24, 2.45) is 23.7 Å². The molecule has 4 rings (SSSR count). The second kappa shape index (κ2) is 5.26. The Balaban J connectivity index is 1.46. The van der Waals surface area contributed by atoms with Gasteiger partial charge in [0.1, 0.15) is 12.4 Å². The number of halogens is 1. The van der Waals surface area contributed by atoms with Crippen molar-refractivity contribution in [2.45, 2.75) is 13.3 Å². The van der Waals surface area contributed by atoms with Gasteiger partial charge in [0.05, 0.1) is 11.8 Å². The zero-order valence-corrected chi connectivity index (χ0v) is 13.2. The molecular weight excluding hydrogens is 311 g/mol. The first-order valence-electron chi connectivity index (χ1n) is 8.05. The minimum absolute atomic E-state index is 0.121. The number of imide groups is 1. The molecule has 0 aromatic heterocycles. The highest BCUT2D eigenvalue weighted by Gasteiger charge is 2.59. The predicted molar refractivity (Wildman–Crippen MR) is 84.2 cm³/mol. The number of hydrogen-bond donors (Lipinski definition) is 1. The molecule has 5 nitrogen and oxygen atoms in total. The molecule has 1 aromatic rings. The average molecular weight is 328 g/mol. The third-order valence-electron chi connectivity index (χ3n) is 5.32. The highest BCUT2D eigenvalue weighted by atomic mass is 19.1. The summed E-state index contributed by atoms with van der Waals surface area (Å²) in [7, 11) is 0. The number of carbonyl (C=O) groups excluding carboxylic acids is 3. The summed E-state index contributed by atoms with van der Waals surface area (Å²) in [6.45, 7) is 1.31. The quantitative estimate of drug-likeness (QED) is 0.680. The van der Waals surface area contributed by atoms with Gasteiger partial charge in [-0.15, -0.1) is 0 Å². The van der Waals surface area contributed by atoms with Gasteiger partial charge in [-0.2, -0.15) is 0 Å². The van der Waals surface area contributed by atoms with Crippen LogP contribution in [-0.4, -0.2) is 29.2 Å². The van der Waals surface area contributed by atoms with Crippen LogP contribution >= 0.6 is 0 Å². The van der Waals surface area contributed by atoms with Crippen molar-refractivity contribution in [1.82, 2.24) is 4.90 Å². The number of allylic oxidation sites excluding steroid dienone is 2. The van der Waals surface area contributed by atoms with Crippen LogP contribution in [0.4, 0.5) is 10.1 Å². The van der Waals surface area contributed by atoms with Crippen molar-refractivity contribution in [1.29, 1.82) is 0 Å². The monoisotopic (exact) mass is 328 g/mol. The van der Waals surface area contributed by atoms with E-state index in [0.29, 0.717) is 11.3 Å². The third-order valence-corrected chi connectivity index (χ3v) is 5.32. The van der Waals surface area contributed by atoms with Gasteiger partial charge >= 0.3 is 0 Å². The van der Waals surface area contributed by atoms with Crippen molar-refractivity contribution >= 4 is 23.4 Å². The van der Waals surface area contributed by atoms with Crippen LogP contribution in [0.25, 0.3) is 0 Å². The van der Waals surface area contributed by atoms with E-state index in [0.717, 1.165) is 11.3 Å². The Hall–Kier alpha value is -2.50. The standard InChI is InChI=1S/C18H17FN2O3/c1-9-2-5-12(7-13(9)19)20-14(22)8-21-17(23)15-10-3-4-11(6-10)16(15)18(21)24/h2-5,7,10-11,15-16H,6,8H2,1H3,(H,20,22). The van der Waals surface area contributed by atoms with E-state index in [1.807, 2.05) is 12.2 Å². The first-order valence-corrected chi connectivity index (χ1v) is 8.05. The predicted octanol–water partition coefficient (Wildman–Crippen LogP) is 1.88. The number of aryl methyl sites for hydroxylation is 1. The Bertz CT molecular complexity index is 758. The van der Waals surface area contributed by atoms with E-state index in [1.165, 1.54) is 6.07 Å². The number of rotatable bonds is 3. The van der Waals surface area contributed by atoms with Crippen LogP contribution in [0.3, 0.4) is 0 Å². The SMILES string of the molecule is Cc1ccc(NC(=O)CN2C(=O)C3C4C=CC(C4)C3C2=O)cc1F. The van der Waals surface area contributed by atoms with Gasteiger partial charge in [0.2, 0.25) is 17.7 Å². The normalized spacial score (nSPS) is 30.2. The molecule has 3 amide bonds. The number of carbonyl (C=O) groups is 3. The molecule has 2 aliphatic carbocycles. The molecule has 4 atom stereocenters. The largest absolute Gasteiger partial charge is 0.324 e. The maximum Gasteiger partial charge on any atom is 0.244 e. The van der Waals surface area contributed by atoms with Crippen LogP contribution in [0.15, 0.2) is 30.4 Å². The van der Waals surface area contributed by atoms with Gasteiger partial charge in [-0.1, -0.05) is 18.2 Å². The van der Waals surface area contributed by atoms with Gasteiger partial charge < -0.3 is 5.32 Å². The topological polar surface area (TPSA) is 66.5 Å². The zero-order valence-electron chi connectivity index (χ0n) is 13.2. The van der Waals surface area contributed by atoms with Gasteiger partial charge in [-0.3, -0.25) is 19.3 Å². The second-order valence-corrected chi connectivity index (χ2v) is 6.77. The molecular formula is C18H17FN2O3. The number of nitrogens with zero attached hydrogens (tertiary/aromatic N) is 1. The van der Waals surface area contributed by atoms with Crippen molar-refractivity contribution in [3.05, 3.63) is 41.7 Å². The van der Waals surface area contributed by atoms with Crippen LogP contribution in [0.1, 0.15) is 12.0 Å². The molecule has 1 aliphatic heterocycles. The summed E-state index contributed by atoms with van der Waals surface area (Å²) >= 11 is 0. The molecule has 0 spiro atoms. The summed E-state index contributed by atoms with van der Waals surface area (Å²) in [5.41, 5.74) is 0.790. The Labute approximate surface area is 138 Å². The molecule has 1 heterocycles. The first kappa shape index (κ1) is 15.1. The zero-order chi connectivity index (χ0) is 17.0. The van der Waals surface area contributed by atoms with E-state index in [2.05, 4.69) is 5.32 Å². The molecule has 2 bridgehead atoms. The van der Waals surface area contributed by atoms with Gasteiger partial charge in [-0.25, -0.2) is 4.39 Å². The van der Waals surface area contributed by atoms with E-state index in [1.54, 1.807) is 19.1 Å². The number of benzene rings is 1. The first-order chi connectivity index (χ1) is 11.5. The number of amides is 3.